The molecular weight excluding hydrogens is 465 g/mol. The Morgan fingerprint density at radius 2 is 1.91 bits per heavy atom. The molecule has 9 heteroatoms. The number of aromatic nitrogens is 1. The molecule has 0 fully saturated rings. The van der Waals surface area contributed by atoms with Crippen molar-refractivity contribution in [3.05, 3.63) is 81.1 Å². The largest absolute Gasteiger partial charge is 0.482 e. The van der Waals surface area contributed by atoms with Crippen LogP contribution in [0.5, 0.6) is 5.75 Å². The number of halogens is 2. The Morgan fingerprint density at radius 3 is 2.64 bits per heavy atom. The highest BCUT2D eigenvalue weighted by Gasteiger charge is 2.13. The Bertz CT molecular complexity index is 1200. The number of aryl methyl sites for hydroxylation is 1. The molecule has 0 atom stereocenters. The lowest BCUT2D eigenvalue weighted by atomic mass is 10.2. The van der Waals surface area contributed by atoms with Crippen molar-refractivity contribution in [1.82, 2.24) is 9.99 Å². The van der Waals surface area contributed by atoms with Crippen molar-refractivity contribution < 1.29 is 19.1 Å². The number of nitrogens with zero attached hydrogens (tertiary/aromatic N) is 2. The minimum atomic E-state index is -0.437. The maximum atomic E-state index is 12.1. The molecule has 0 bridgehead atoms. The maximum Gasteiger partial charge on any atom is 0.338 e. The maximum absolute atomic E-state index is 12.1. The molecule has 33 heavy (non-hydrogen) atoms. The van der Waals surface area contributed by atoms with Crippen LogP contribution in [0.2, 0.25) is 10.0 Å². The van der Waals surface area contributed by atoms with Crippen molar-refractivity contribution >= 4 is 41.3 Å². The summed E-state index contributed by atoms with van der Waals surface area (Å²) in [6.07, 6.45) is 1.56. The van der Waals surface area contributed by atoms with Crippen molar-refractivity contribution in [2.24, 2.45) is 5.10 Å². The van der Waals surface area contributed by atoms with E-state index in [0.29, 0.717) is 28.0 Å². The summed E-state index contributed by atoms with van der Waals surface area (Å²) >= 11 is 11.9. The van der Waals surface area contributed by atoms with E-state index in [0.717, 1.165) is 22.6 Å². The van der Waals surface area contributed by atoms with Crippen molar-refractivity contribution in [3.8, 4) is 11.4 Å². The molecule has 7 nitrogen and oxygen atoms in total. The van der Waals surface area contributed by atoms with Crippen LogP contribution < -0.4 is 10.2 Å². The Hall–Kier alpha value is -3.29. The van der Waals surface area contributed by atoms with E-state index < -0.39 is 5.91 Å². The fourth-order valence-corrected chi connectivity index (χ4v) is 3.71. The molecule has 0 unspecified atom stereocenters. The Morgan fingerprint density at radius 1 is 1.12 bits per heavy atom. The van der Waals surface area contributed by atoms with Crippen LogP contribution in [0.25, 0.3) is 5.69 Å². The summed E-state index contributed by atoms with van der Waals surface area (Å²) < 4.78 is 12.5. The van der Waals surface area contributed by atoms with Gasteiger partial charge in [-0.1, -0.05) is 29.3 Å². The Balaban J connectivity index is 1.67. The topological polar surface area (TPSA) is 81.9 Å². The number of amides is 1. The molecule has 2 aromatic carbocycles. The third-order valence-electron chi connectivity index (χ3n) is 4.73. The van der Waals surface area contributed by atoms with Crippen LogP contribution in [-0.2, 0) is 9.53 Å². The third kappa shape index (κ3) is 6.15. The first kappa shape index (κ1) is 24.4. The van der Waals surface area contributed by atoms with Crippen LogP contribution in [0.1, 0.15) is 34.2 Å². The Kier molecular flexibility index (Phi) is 8.14. The molecule has 172 valence electrons. The molecule has 0 aliphatic heterocycles. The lowest BCUT2D eigenvalue weighted by Crippen LogP contribution is -2.24. The summed E-state index contributed by atoms with van der Waals surface area (Å²) in [6.45, 7) is 5.71. The van der Waals surface area contributed by atoms with Gasteiger partial charge in [0.15, 0.2) is 6.61 Å². The van der Waals surface area contributed by atoms with Crippen LogP contribution >= 0.6 is 23.2 Å². The first-order valence-electron chi connectivity index (χ1n) is 10.2. The first-order chi connectivity index (χ1) is 15.8. The van der Waals surface area contributed by atoms with Gasteiger partial charge in [0, 0.05) is 27.7 Å². The molecule has 0 spiro atoms. The lowest BCUT2D eigenvalue weighted by Gasteiger charge is -2.11. The predicted molar refractivity (Wildman–Crippen MR) is 129 cm³/mol. The molecule has 3 aromatic rings. The number of nitrogens with one attached hydrogen (secondary N) is 1. The number of rotatable bonds is 8. The average molecular weight is 488 g/mol. The fourth-order valence-electron chi connectivity index (χ4n) is 3.24. The van der Waals surface area contributed by atoms with Gasteiger partial charge in [0.1, 0.15) is 5.75 Å². The van der Waals surface area contributed by atoms with Gasteiger partial charge in [-0.15, -0.1) is 0 Å². The van der Waals surface area contributed by atoms with Gasteiger partial charge >= 0.3 is 5.97 Å². The van der Waals surface area contributed by atoms with E-state index in [9.17, 15) is 9.59 Å². The normalized spacial score (nSPS) is 10.9. The monoisotopic (exact) mass is 487 g/mol. The number of hydrogen-bond acceptors (Lipinski definition) is 5. The molecule has 0 saturated carbocycles. The minimum Gasteiger partial charge on any atom is -0.482 e. The average Bonchev–Trinajstić information content (AvgIpc) is 3.06. The number of carbonyl (C=O) groups excluding carboxylic acids is 2. The molecule has 0 radical (unpaired) electrons. The summed E-state index contributed by atoms with van der Waals surface area (Å²) in [6, 6.07) is 13.9. The van der Waals surface area contributed by atoms with E-state index in [1.807, 2.05) is 30.5 Å². The number of carbonyl (C=O) groups is 2. The second-order valence-electron chi connectivity index (χ2n) is 7.09. The van der Waals surface area contributed by atoms with Crippen LogP contribution in [0.3, 0.4) is 0 Å². The molecular formula is C24H23Cl2N3O4. The SMILES string of the molecule is CCOC(=O)c1cccc(-n2c(C)cc(/C=N/NC(=O)COc3ccc(Cl)cc3Cl)c2C)c1. The fraction of sp³-hybridized carbons (Fsp3) is 0.208. The van der Waals surface area contributed by atoms with Crippen LogP contribution in [0.15, 0.2) is 53.6 Å². The predicted octanol–water partition coefficient (Wildman–Crippen LogP) is 5.11. The molecule has 0 aliphatic rings. The van der Waals surface area contributed by atoms with E-state index in [2.05, 4.69) is 10.5 Å². The van der Waals surface area contributed by atoms with E-state index in [4.69, 9.17) is 32.7 Å². The van der Waals surface area contributed by atoms with Crippen LogP contribution in [-0.4, -0.2) is 35.9 Å². The summed E-state index contributed by atoms with van der Waals surface area (Å²) in [4.78, 5) is 24.1. The highest BCUT2D eigenvalue weighted by Crippen LogP contribution is 2.27. The van der Waals surface area contributed by atoms with Crippen LogP contribution in [0.4, 0.5) is 0 Å². The number of ether oxygens (including phenoxy) is 2. The molecule has 0 aliphatic carbocycles. The number of benzene rings is 2. The standard InChI is InChI=1S/C24H23Cl2N3O4/c1-4-32-24(31)17-6-5-7-20(11-17)29-15(2)10-18(16(29)3)13-27-28-23(30)14-33-22-9-8-19(25)12-21(22)26/h5-13H,4,14H2,1-3H3,(H,28,30)/b27-13+. The number of hydrazone groups is 1. The summed E-state index contributed by atoms with van der Waals surface area (Å²) in [5.41, 5.74) is 6.40. The number of esters is 1. The highest BCUT2D eigenvalue weighted by atomic mass is 35.5. The van der Waals surface area contributed by atoms with Gasteiger partial charge in [0.05, 0.1) is 23.4 Å². The highest BCUT2D eigenvalue weighted by molar-refractivity contribution is 6.35. The smallest absolute Gasteiger partial charge is 0.338 e. The second-order valence-corrected chi connectivity index (χ2v) is 7.93. The summed E-state index contributed by atoms with van der Waals surface area (Å²) in [5.74, 6) is -0.449. The van der Waals surface area contributed by atoms with Gasteiger partial charge in [0.2, 0.25) is 0 Å². The zero-order valence-electron chi connectivity index (χ0n) is 18.4. The molecule has 1 N–H and O–H groups in total. The number of hydrogen-bond donors (Lipinski definition) is 1. The molecule has 1 heterocycles. The van der Waals surface area contributed by atoms with E-state index in [-0.39, 0.29) is 12.6 Å². The van der Waals surface area contributed by atoms with Crippen molar-refractivity contribution in [2.75, 3.05) is 13.2 Å². The quantitative estimate of drug-likeness (QED) is 0.272. The van der Waals surface area contributed by atoms with E-state index in [1.54, 1.807) is 43.5 Å². The van der Waals surface area contributed by atoms with Crippen molar-refractivity contribution in [1.29, 1.82) is 0 Å². The molecule has 1 amide bonds. The zero-order valence-corrected chi connectivity index (χ0v) is 19.9. The van der Waals surface area contributed by atoms with Crippen molar-refractivity contribution in [2.45, 2.75) is 20.8 Å². The van der Waals surface area contributed by atoms with Gasteiger partial charge in [-0.05, 0) is 63.2 Å². The second kappa shape index (κ2) is 11.0. The van der Waals surface area contributed by atoms with Gasteiger partial charge in [-0.2, -0.15) is 5.10 Å². The minimum absolute atomic E-state index is 0.252. The van der Waals surface area contributed by atoms with Gasteiger partial charge in [-0.25, -0.2) is 10.2 Å². The first-order valence-corrected chi connectivity index (χ1v) is 10.9. The summed E-state index contributed by atoms with van der Waals surface area (Å²) in [7, 11) is 0. The molecule has 3 rings (SSSR count). The molecule has 1 aromatic heterocycles. The zero-order chi connectivity index (χ0) is 24.0. The lowest BCUT2D eigenvalue weighted by molar-refractivity contribution is -0.123. The summed E-state index contributed by atoms with van der Waals surface area (Å²) in [5, 5.41) is 4.82. The van der Waals surface area contributed by atoms with E-state index >= 15 is 0 Å². The third-order valence-corrected chi connectivity index (χ3v) is 5.26. The van der Waals surface area contributed by atoms with Crippen LogP contribution in [0, 0.1) is 13.8 Å². The molecule has 0 saturated heterocycles. The van der Waals surface area contributed by atoms with Crippen molar-refractivity contribution in [3.63, 3.8) is 0 Å². The van der Waals surface area contributed by atoms with Gasteiger partial charge in [0.25, 0.3) is 5.91 Å². The van der Waals surface area contributed by atoms with E-state index in [1.165, 1.54) is 6.07 Å². The Labute approximate surface area is 201 Å². The van der Waals surface area contributed by atoms with Gasteiger partial charge < -0.3 is 14.0 Å². The van der Waals surface area contributed by atoms with Gasteiger partial charge in [-0.3, -0.25) is 4.79 Å².